The number of sulfonamides is 1. The number of nitrogens with one attached hydrogen (secondary N) is 2. The second kappa shape index (κ2) is 9.10. The van der Waals surface area contributed by atoms with Crippen LogP contribution in [0.1, 0.15) is 25.7 Å². The Labute approximate surface area is 190 Å². The minimum absolute atomic E-state index is 0.00985. The van der Waals surface area contributed by atoms with Gasteiger partial charge in [0.25, 0.3) is 10.0 Å². The van der Waals surface area contributed by atoms with Gasteiger partial charge in [0.2, 0.25) is 11.8 Å². The molecule has 2 aliphatic heterocycles. The number of hydrogen-bond acceptors (Lipinski definition) is 5. The van der Waals surface area contributed by atoms with E-state index in [1.54, 1.807) is 35.2 Å². The summed E-state index contributed by atoms with van der Waals surface area (Å²) in [5, 5.41) is 2.12. The Balaban J connectivity index is 1.54. The van der Waals surface area contributed by atoms with Gasteiger partial charge in [0.15, 0.2) is 5.25 Å². The van der Waals surface area contributed by atoms with Gasteiger partial charge in [0.05, 0.1) is 21.3 Å². The third kappa shape index (κ3) is 4.83. The molecule has 0 radical (unpaired) electrons. The maximum atomic E-state index is 12.9. The van der Waals surface area contributed by atoms with Crippen LogP contribution in [0.25, 0.3) is 0 Å². The Hall–Kier alpha value is -2.23. The van der Waals surface area contributed by atoms with E-state index in [9.17, 15) is 18.0 Å². The van der Waals surface area contributed by atoms with E-state index in [0.29, 0.717) is 23.7 Å². The Morgan fingerprint density at radius 2 is 1.81 bits per heavy atom. The first kappa shape index (κ1) is 22.0. The number of hydrogen-bond donors (Lipinski definition) is 2. The molecule has 1 unspecified atom stereocenters. The van der Waals surface area contributed by atoms with Crippen molar-refractivity contribution in [1.29, 1.82) is 0 Å². The molecule has 4 rings (SSSR count). The number of likely N-dealkylation sites (tertiary alicyclic amines) is 1. The van der Waals surface area contributed by atoms with Gasteiger partial charge < -0.3 is 10.2 Å². The van der Waals surface area contributed by atoms with Gasteiger partial charge in [-0.3, -0.25) is 14.3 Å². The first-order chi connectivity index (χ1) is 14.8. The van der Waals surface area contributed by atoms with Crippen molar-refractivity contribution in [3.8, 4) is 0 Å². The molecule has 0 aliphatic carbocycles. The lowest BCUT2D eigenvalue weighted by Gasteiger charge is -2.28. The Morgan fingerprint density at radius 1 is 1.10 bits per heavy atom. The van der Waals surface area contributed by atoms with Gasteiger partial charge in [-0.25, -0.2) is 8.42 Å². The summed E-state index contributed by atoms with van der Waals surface area (Å²) in [6.45, 7) is 1.34. The maximum Gasteiger partial charge on any atom is 0.262 e. The van der Waals surface area contributed by atoms with Crippen molar-refractivity contribution in [2.75, 3.05) is 23.1 Å². The van der Waals surface area contributed by atoms with E-state index in [0.717, 1.165) is 37.4 Å². The standard InChI is InChI=1S/C21H22ClN3O4S2/c22-15-7-3-4-8-16(15)24-31(28,29)14-9-10-18-17(13-14)23-20(26)19(30-18)21(27)25-11-5-1-2-6-12-25/h3-4,7-10,13,19,24H,1-2,5-6,11-12H2,(H,23,26). The average molecular weight is 480 g/mol. The van der Waals surface area contributed by atoms with E-state index in [2.05, 4.69) is 10.0 Å². The van der Waals surface area contributed by atoms with Crippen LogP contribution in [0.2, 0.25) is 5.02 Å². The molecule has 7 nitrogen and oxygen atoms in total. The molecule has 2 aromatic rings. The van der Waals surface area contributed by atoms with Crippen LogP contribution >= 0.6 is 23.4 Å². The molecule has 1 fully saturated rings. The first-order valence-corrected chi connectivity index (χ1v) is 12.8. The lowest BCUT2D eigenvalue weighted by atomic mass is 10.2. The van der Waals surface area contributed by atoms with Crippen LogP contribution in [0.3, 0.4) is 0 Å². The highest BCUT2D eigenvalue weighted by molar-refractivity contribution is 8.01. The van der Waals surface area contributed by atoms with E-state index in [-0.39, 0.29) is 21.5 Å². The zero-order valence-electron chi connectivity index (χ0n) is 16.6. The topological polar surface area (TPSA) is 95.6 Å². The van der Waals surface area contributed by atoms with Crippen molar-refractivity contribution in [3.05, 3.63) is 47.5 Å². The molecule has 0 saturated carbocycles. The van der Waals surface area contributed by atoms with Gasteiger partial charge >= 0.3 is 0 Å². The Kier molecular flexibility index (Phi) is 6.45. The zero-order chi connectivity index (χ0) is 22.0. The minimum atomic E-state index is -3.91. The monoisotopic (exact) mass is 479 g/mol. The van der Waals surface area contributed by atoms with E-state index >= 15 is 0 Å². The summed E-state index contributed by atoms with van der Waals surface area (Å²) in [5.41, 5.74) is 0.639. The van der Waals surface area contributed by atoms with E-state index in [4.69, 9.17) is 11.6 Å². The normalized spacial score (nSPS) is 19.2. The number of carbonyl (C=O) groups excluding carboxylic acids is 2. The summed E-state index contributed by atoms with van der Waals surface area (Å²) in [6.07, 6.45) is 4.08. The quantitative estimate of drug-likeness (QED) is 0.647. The molecule has 2 amide bonds. The molecule has 2 aliphatic rings. The van der Waals surface area contributed by atoms with Crippen molar-refractivity contribution >= 4 is 56.6 Å². The van der Waals surface area contributed by atoms with Crippen molar-refractivity contribution in [1.82, 2.24) is 4.90 Å². The van der Waals surface area contributed by atoms with Gasteiger partial charge in [-0.1, -0.05) is 36.6 Å². The van der Waals surface area contributed by atoms with Crippen molar-refractivity contribution in [2.24, 2.45) is 0 Å². The Morgan fingerprint density at radius 3 is 2.52 bits per heavy atom. The zero-order valence-corrected chi connectivity index (χ0v) is 19.0. The van der Waals surface area contributed by atoms with E-state index in [1.807, 2.05) is 0 Å². The fourth-order valence-electron chi connectivity index (χ4n) is 3.62. The van der Waals surface area contributed by atoms with Crippen LogP contribution in [0.15, 0.2) is 52.3 Å². The molecule has 1 saturated heterocycles. The largest absolute Gasteiger partial charge is 0.341 e. The number of rotatable bonds is 4. The van der Waals surface area contributed by atoms with Crippen LogP contribution in [0.4, 0.5) is 11.4 Å². The van der Waals surface area contributed by atoms with Gasteiger partial charge in [-0.05, 0) is 43.2 Å². The molecule has 164 valence electrons. The number of para-hydroxylation sites is 1. The van der Waals surface area contributed by atoms with Crippen molar-refractivity contribution in [2.45, 2.75) is 40.7 Å². The molecule has 1 atom stereocenters. The molecular formula is C21H22ClN3O4S2. The summed E-state index contributed by atoms with van der Waals surface area (Å²) in [4.78, 5) is 28.0. The molecule has 2 aromatic carbocycles. The predicted octanol–water partition coefficient (Wildman–Crippen LogP) is 3.96. The van der Waals surface area contributed by atoms with E-state index in [1.165, 1.54) is 12.1 Å². The molecule has 31 heavy (non-hydrogen) atoms. The maximum absolute atomic E-state index is 12.9. The molecule has 0 spiro atoms. The highest BCUT2D eigenvalue weighted by Gasteiger charge is 2.36. The number of benzene rings is 2. The van der Waals surface area contributed by atoms with Crippen LogP contribution in [-0.2, 0) is 19.6 Å². The minimum Gasteiger partial charge on any atom is -0.341 e. The number of halogens is 1. The molecule has 2 heterocycles. The van der Waals surface area contributed by atoms with Gasteiger partial charge in [-0.15, -0.1) is 11.8 Å². The SMILES string of the molecule is O=C1Nc2cc(S(=O)(=O)Nc3ccccc3Cl)ccc2SC1C(=O)N1CCCCCC1. The van der Waals surface area contributed by atoms with Gasteiger partial charge in [0.1, 0.15) is 0 Å². The van der Waals surface area contributed by atoms with Crippen LogP contribution in [0, 0.1) is 0 Å². The number of carbonyl (C=O) groups is 2. The number of amides is 2. The lowest BCUT2D eigenvalue weighted by molar-refractivity contribution is -0.133. The van der Waals surface area contributed by atoms with Crippen LogP contribution in [0.5, 0.6) is 0 Å². The fourth-order valence-corrected chi connectivity index (χ4v) is 6.02. The van der Waals surface area contributed by atoms with Crippen molar-refractivity contribution in [3.63, 3.8) is 0 Å². The second-order valence-corrected chi connectivity index (χ2v) is 10.7. The van der Waals surface area contributed by atoms with Crippen LogP contribution < -0.4 is 10.0 Å². The summed E-state index contributed by atoms with van der Waals surface area (Å²) < 4.78 is 28.0. The summed E-state index contributed by atoms with van der Waals surface area (Å²) in [6, 6.07) is 11.0. The number of nitrogens with zero attached hydrogens (tertiary/aromatic N) is 1. The number of thioether (sulfide) groups is 1. The smallest absolute Gasteiger partial charge is 0.262 e. The highest BCUT2D eigenvalue weighted by atomic mass is 35.5. The van der Waals surface area contributed by atoms with E-state index < -0.39 is 21.2 Å². The third-order valence-corrected chi connectivity index (χ3v) is 8.22. The predicted molar refractivity (Wildman–Crippen MR) is 122 cm³/mol. The second-order valence-electron chi connectivity index (χ2n) is 7.47. The van der Waals surface area contributed by atoms with Crippen LogP contribution in [-0.4, -0.2) is 43.5 Å². The molecular weight excluding hydrogens is 458 g/mol. The van der Waals surface area contributed by atoms with Gasteiger partial charge in [0, 0.05) is 18.0 Å². The lowest BCUT2D eigenvalue weighted by Crippen LogP contribution is -2.45. The fraction of sp³-hybridized carbons (Fsp3) is 0.333. The number of anilines is 2. The highest BCUT2D eigenvalue weighted by Crippen LogP contribution is 2.38. The number of fused-ring (bicyclic) bond motifs is 1. The van der Waals surface area contributed by atoms with Crippen molar-refractivity contribution < 1.29 is 18.0 Å². The molecule has 0 aromatic heterocycles. The summed E-state index contributed by atoms with van der Waals surface area (Å²) in [7, 11) is -3.91. The summed E-state index contributed by atoms with van der Waals surface area (Å²) in [5.74, 6) is -0.618. The third-order valence-electron chi connectivity index (χ3n) is 5.26. The average Bonchev–Trinajstić information content (AvgIpc) is 3.03. The Bertz CT molecular complexity index is 1120. The first-order valence-electron chi connectivity index (χ1n) is 10.0. The molecule has 0 bridgehead atoms. The molecule has 10 heteroatoms. The van der Waals surface area contributed by atoms with Gasteiger partial charge in [-0.2, -0.15) is 0 Å². The molecule has 2 N–H and O–H groups in total. The summed E-state index contributed by atoms with van der Waals surface area (Å²) >= 11 is 7.21.